The number of carbonyl (C=O) groups excluding carboxylic acids is 2. The van der Waals surface area contributed by atoms with Crippen LogP contribution in [-0.2, 0) is 32.7 Å². The Bertz CT molecular complexity index is 2030. The first-order valence-electron chi connectivity index (χ1n) is 36.6. The van der Waals surface area contributed by atoms with E-state index in [9.17, 15) is 19.0 Å². The average molecular weight is 1270 g/mol. The largest absolute Gasteiger partial charge is 0.472 e. The third-order valence-corrected chi connectivity index (χ3v) is 16.3. The van der Waals surface area contributed by atoms with E-state index in [1.54, 1.807) is 0 Å². The molecule has 0 heterocycles. The number of allylic oxidation sites excluding steroid dienone is 24. The third-order valence-electron chi connectivity index (χ3n) is 15.4. The molecule has 0 aliphatic carbocycles. The van der Waals surface area contributed by atoms with Gasteiger partial charge in [0.15, 0.2) is 6.10 Å². The highest BCUT2D eigenvalue weighted by Crippen LogP contribution is 2.43. The number of carbonyl (C=O) groups is 2. The van der Waals surface area contributed by atoms with Crippen molar-refractivity contribution in [3.63, 3.8) is 0 Å². The molecule has 0 saturated carbocycles. The van der Waals surface area contributed by atoms with Gasteiger partial charge in [-0.25, -0.2) is 4.57 Å². The van der Waals surface area contributed by atoms with E-state index >= 15 is 0 Å². The fourth-order valence-electron chi connectivity index (χ4n) is 9.85. The van der Waals surface area contributed by atoms with Crippen LogP contribution in [0.2, 0.25) is 0 Å². The molecule has 1 N–H and O–H groups in total. The molecule has 10 heteroatoms. The minimum atomic E-state index is -4.40. The SMILES string of the molecule is CC/C=C\C/C=C\C/C=C\C/C=C\C/C=C\C/C=C\C/C=C\CCCCCCCCCC(=O)OC(COC(=O)CCCCCCCCCCCCCCCCCCCCCCC/C=C\C/C=C\C/C=C\C/C=C\C/C=C\CC)COP(=O)(O)OCC[N+](C)(C)C. The second kappa shape index (κ2) is 69.2. The van der Waals surface area contributed by atoms with Gasteiger partial charge in [0, 0.05) is 12.8 Å². The lowest BCUT2D eigenvalue weighted by Crippen LogP contribution is -2.37. The molecule has 0 amide bonds. The predicted molar refractivity (Wildman–Crippen MR) is 390 cm³/mol. The number of hydrogen-bond donors (Lipinski definition) is 1. The first-order valence-corrected chi connectivity index (χ1v) is 38.1. The summed E-state index contributed by atoms with van der Waals surface area (Å²) in [6, 6.07) is 0. The predicted octanol–water partition coefficient (Wildman–Crippen LogP) is 24.2. The van der Waals surface area contributed by atoms with Gasteiger partial charge >= 0.3 is 19.8 Å². The van der Waals surface area contributed by atoms with Gasteiger partial charge in [0.25, 0.3) is 0 Å². The van der Waals surface area contributed by atoms with E-state index in [4.69, 9.17) is 18.5 Å². The third kappa shape index (κ3) is 72.9. The van der Waals surface area contributed by atoms with Gasteiger partial charge in [-0.1, -0.05) is 314 Å². The number of nitrogens with zero attached hydrogens (tertiary/aromatic N) is 1. The smallest absolute Gasteiger partial charge is 0.462 e. The molecule has 0 radical (unpaired) electrons. The maximum absolute atomic E-state index is 12.9. The van der Waals surface area contributed by atoms with Gasteiger partial charge in [0.2, 0.25) is 0 Å². The molecule has 0 aliphatic rings. The summed E-state index contributed by atoms with van der Waals surface area (Å²) in [6.45, 7) is 4.20. The summed E-state index contributed by atoms with van der Waals surface area (Å²) in [5.74, 6) is -0.809. The Kier molecular flexibility index (Phi) is 66.1. The van der Waals surface area contributed by atoms with Crippen molar-refractivity contribution in [2.75, 3.05) is 47.5 Å². The Morgan fingerprint density at radius 1 is 0.344 bits per heavy atom. The summed E-state index contributed by atoms with van der Waals surface area (Å²) in [5.41, 5.74) is 0. The Labute approximate surface area is 554 Å². The maximum atomic E-state index is 12.9. The van der Waals surface area contributed by atoms with E-state index in [0.717, 1.165) is 122 Å². The summed E-state index contributed by atoms with van der Waals surface area (Å²) in [7, 11) is 1.46. The van der Waals surface area contributed by atoms with E-state index in [2.05, 4.69) is 160 Å². The van der Waals surface area contributed by atoms with Gasteiger partial charge in [-0.15, -0.1) is 0 Å². The van der Waals surface area contributed by atoms with Crippen molar-refractivity contribution in [3.8, 4) is 0 Å². The molecule has 514 valence electrons. The number of phosphoric ester groups is 1. The molecule has 2 unspecified atom stereocenters. The van der Waals surface area contributed by atoms with Crippen LogP contribution in [-0.4, -0.2) is 74.9 Å². The van der Waals surface area contributed by atoms with Crippen LogP contribution in [0.1, 0.15) is 296 Å². The highest BCUT2D eigenvalue weighted by atomic mass is 31.2. The van der Waals surface area contributed by atoms with Gasteiger partial charge < -0.3 is 18.9 Å². The average Bonchev–Trinajstić information content (AvgIpc) is 3.58. The molecule has 0 aromatic carbocycles. The van der Waals surface area contributed by atoms with Gasteiger partial charge in [-0.2, -0.15) is 0 Å². The number of ether oxygens (including phenoxy) is 2. The van der Waals surface area contributed by atoms with E-state index in [1.807, 2.05) is 21.1 Å². The second-order valence-corrected chi connectivity index (χ2v) is 26.7. The Balaban J connectivity index is 4.04. The van der Waals surface area contributed by atoms with Gasteiger partial charge in [-0.05, 0) is 116 Å². The van der Waals surface area contributed by atoms with E-state index in [0.29, 0.717) is 17.4 Å². The standard InChI is InChI=1S/C80H136NO8P/c1-6-8-10-12-14-16-18-20-22-24-26-28-30-32-34-36-37-38-39-40-41-42-43-45-46-48-50-52-54-56-58-60-62-64-66-68-70-72-79(82)86-76-78(77-88-90(84,85)87-75-74-81(3,4)5)89-80(83)73-71-69-67-65-63-61-59-57-55-53-51-49-47-44-35-33-31-29-27-25-23-21-19-17-15-13-11-9-7-2/h8-11,14-17,20-23,26-29,32-35,47,49,53,55,78H,6-7,12-13,18-19,24-25,30-31,36-46,48,50-52,54,56-77H2,1-5H3/p+1/b10-8-,11-9-,16-14-,17-15-,22-20-,23-21-,28-26-,29-27-,34-32-,35-33-,49-47-,55-53-. The van der Waals surface area contributed by atoms with Crippen molar-refractivity contribution in [2.24, 2.45) is 0 Å². The van der Waals surface area contributed by atoms with Crippen molar-refractivity contribution in [1.29, 1.82) is 0 Å². The maximum Gasteiger partial charge on any atom is 0.472 e. The lowest BCUT2D eigenvalue weighted by molar-refractivity contribution is -0.870. The lowest BCUT2D eigenvalue weighted by Gasteiger charge is -2.24. The molecule has 0 rings (SSSR count). The normalized spacial score (nSPS) is 14.0. The number of likely N-dealkylation sites (N-methyl/N-ethyl adjacent to an activating group) is 1. The zero-order valence-electron chi connectivity index (χ0n) is 58.6. The van der Waals surface area contributed by atoms with Crippen LogP contribution in [0.15, 0.2) is 146 Å². The molecule has 0 aliphatic heterocycles. The molecular formula is C80H137NO8P+. The summed E-state index contributed by atoms with van der Waals surface area (Å²) in [5, 5.41) is 0. The van der Waals surface area contributed by atoms with Crippen molar-refractivity contribution in [2.45, 2.75) is 302 Å². The molecule has 0 bridgehead atoms. The topological polar surface area (TPSA) is 108 Å². The zero-order valence-corrected chi connectivity index (χ0v) is 59.5. The Hall–Kier alpha value is -4.11. The van der Waals surface area contributed by atoms with Gasteiger partial charge in [0.05, 0.1) is 27.7 Å². The summed E-state index contributed by atoms with van der Waals surface area (Å²) in [4.78, 5) is 35.9. The van der Waals surface area contributed by atoms with Crippen LogP contribution in [0.5, 0.6) is 0 Å². The molecule has 0 saturated heterocycles. The van der Waals surface area contributed by atoms with Crippen molar-refractivity contribution >= 4 is 19.8 Å². The number of rotatable bonds is 66. The number of quaternary nitrogens is 1. The Morgan fingerprint density at radius 3 is 0.889 bits per heavy atom. The van der Waals surface area contributed by atoms with Crippen LogP contribution in [0, 0.1) is 0 Å². The quantitative estimate of drug-likeness (QED) is 0.0211. The van der Waals surface area contributed by atoms with Crippen LogP contribution in [0.4, 0.5) is 0 Å². The fraction of sp³-hybridized carbons (Fsp3) is 0.675. The molecule has 0 aromatic heterocycles. The first kappa shape index (κ1) is 85.9. The lowest BCUT2D eigenvalue weighted by atomic mass is 10.0. The first-order chi connectivity index (χ1) is 44.0. The van der Waals surface area contributed by atoms with Crippen molar-refractivity contribution in [1.82, 2.24) is 0 Å². The summed E-state index contributed by atoms with van der Waals surface area (Å²) < 4.78 is 34.7. The van der Waals surface area contributed by atoms with Gasteiger partial charge in [-0.3, -0.25) is 18.6 Å². The van der Waals surface area contributed by atoms with E-state index in [1.165, 1.54) is 141 Å². The van der Waals surface area contributed by atoms with Crippen LogP contribution < -0.4 is 0 Å². The van der Waals surface area contributed by atoms with Crippen molar-refractivity contribution in [3.05, 3.63) is 146 Å². The molecule has 90 heavy (non-hydrogen) atoms. The highest BCUT2D eigenvalue weighted by molar-refractivity contribution is 7.47. The van der Waals surface area contributed by atoms with Gasteiger partial charge in [0.1, 0.15) is 19.8 Å². The van der Waals surface area contributed by atoms with E-state index < -0.39 is 26.5 Å². The summed E-state index contributed by atoms with van der Waals surface area (Å²) in [6.07, 6.45) is 102. The number of phosphoric acid groups is 1. The number of hydrogen-bond acceptors (Lipinski definition) is 7. The molecule has 9 nitrogen and oxygen atoms in total. The second-order valence-electron chi connectivity index (χ2n) is 25.2. The van der Waals surface area contributed by atoms with Crippen LogP contribution in [0.25, 0.3) is 0 Å². The number of esters is 2. The molecule has 2 atom stereocenters. The van der Waals surface area contributed by atoms with Crippen LogP contribution >= 0.6 is 7.82 Å². The molecule has 0 spiro atoms. The van der Waals surface area contributed by atoms with Crippen LogP contribution in [0.3, 0.4) is 0 Å². The van der Waals surface area contributed by atoms with E-state index in [-0.39, 0.29) is 32.0 Å². The minimum absolute atomic E-state index is 0.0237. The number of unbranched alkanes of at least 4 members (excludes halogenated alkanes) is 28. The molecule has 0 fully saturated rings. The van der Waals surface area contributed by atoms with Crippen molar-refractivity contribution < 1.29 is 42.1 Å². The molecular weight excluding hydrogens is 1130 g/mol. The highest BCUT2D eigenvalue weighted by Gasteiger charge is 2.27. The zero-order chi connectivity index (χ0) is 65.5. The molecule has 0 aromatic rings. The fourth-order valence-corrected chi connectivity index (χ4v) is 10.6. The summed E-state index contributed by atoms with van der Waals surface area (Å²) >= 11 is 0. The monoisotopic (exact) mass is 1270 g/mol. The minimum Gasteiger partial charge on any atom is -0.462 e. The Morgan fingerprint density at radius 2 is 0.600 bits per heavy atom.